The highest BCUT2D eigenvalue weighted by atomic mass is 16.5. The molecule has 2 aromatic rings. The fraction of sp³-hybridized carbons (Fsp3) is 0.333. The van der Waals surface area contributed by atoms with Crippen molar-refractivity contribution in [3.05, 3.63) is 59.7 Å². The molecule has 0 radical (unpaired) electrons. The van der Waals surface area contributed by atoms with E-state index < -0.39 is 0 Å². The molecule has 0 atom stereocenters. The molecule has 2 aromatic carbocycles. The Morgan fingerprint density at radius 1 is 1.10 bits per heavy atom. The lowest BCUT2D eigenvalue weighted by molar-refractivity contribution is 0.313. The van der Waals surface area contributed by atoms with Gasteiger partial charge in [0.25, 0.3) is 0 Å². The zero-order chi connectivity index (χ0) is 15.1. The quantitative estimate of drug-likeness (QED) is 0.793. The second-order valence-corrected chi connectivity index (χ2v) is 5.40. The van der Waals surface area contributed by atoms with E-state index in [4.69, 9.17) is 10.5 Å². The molecule has 3 nitrogen and oxygen atoms in total. The standard InChI is InChI=1S/C18H24N2O/c1-20(12-6-9-15-7-4-3-5-8-15)14-16-10-11-17(19)13-18(16)21-2/h3-5,7-8,10-11,13H,6,9,12,14,19H2,1-2H3. The number of hydrogen-bond acceptors (Lipinski definition) is 3. The summed E-state index contributed by atoms with van der Waals surface area (Å²) in [6, 6.07) is 16.5. The molecule has 0 spiro atoms. The van der Waals surface area contributed by atoms with Gasteiger partial charge in [0.05, 0.1) is 7.11 Å². The summed E-state index contributed by atoms with van der Waals surface area (Å²) < 4.78 is 5.39. The van der Waals surface area contributed by atoms with Gasteiger partial charge in [-0.15, -0.1) is 0 Å². The van der Waals surface area contributed by atoms with Gasteiger partial charge in [-0.2, -0.15) is 0 Å². The van der Waals surface area contributed by atoms with Gasteiger partial charge in [-0.05, 0) is 38.1 Å². The highest BCUT2D eigenvalue weighted by molar-refractivity contribution is 5.48. The molecule has 0 aromatic heterocycles. The normalized spacial score (nSPS) is 10.8. The molecule has 0 unspecified atom stereocenters. The summed E-state index contributed by atoms with van der Waals surface area (Å²) in [6.07, 6.45) is 2.27. The van der Waals surface area contributed by atoms with Gasteiger partial charge in [0.2, 0.25) is 0 Å². The number of benzene rings is 2. The van der Waals surface area contributed by atoms with Gasteiger partial charge >= 0.3 is 0 Å². The Morgan fingerprint density at radius 2 is 1.86 bits per heavy atom. The van der Waals surface area contributed by atoms with Crippen molar-refractivity contribution in [1.82, 2.24) is 4.90 Å². The molecule has 2 N–H and O–H groups in total. The van der Waals surface area contributed by atoms with Gasteiger partial charge in [-0.25, -0.2) is 0 Å². The first kappa shape index (κ1) is 15.4. The van der Waals surface area contributed by atoms with Crippen molar-refractivity contribution in [2.45, 2.75) is 19.4 Å². The van der Waals surface area contributed by atoms with Gasteiger partial charge in [-0.3, -0.25) is 0 Å². The van der Waals surface area contributed by atoms with Crippen molar-refractivity contribution in [1.29, 1.82) is 0 Å². The Labute approximate surface area is 127 Å². The molecule has 0 fully saturated rings. The molecule has 0 bridgehead atoms. The van der Waals surface area contributed by atoms with E-state index in [1.807, 2.05) is 18.2 Å². The molecule has 0 aliphatic rings. The smallest absolute Gasteiger partial charge is 0.125 e. The van der Waals surface area contributed by atoms with E-state index in [-0.39, 0.29) is 0 Å². The minimum absolute atomic E-state index is 0.738. The van der Waals surface area contributed by atoms with Gasteiger partial charge in [0, 0.05) is 23.9 Å². The number of rotatable bonds is 7. The van der Waals surface area contributed by atoms with Gasteiger partial charge in [0.1, 0.15) is 5.75 Å². The number of hydrogen-bond donors (Lipinski definition) is 1. The lowest BCUT2D eigenvalue weighted by atomic mass is 10.1. The summed E-state index contributed by atoms with van der Waals surface area (Å²) in [4.78, 5) is 2.32. The first-order chi connectivity index (χ1) is 10.2. The van der Waals surface area contributed by atoms with Crippen LogP contribution in [0, 0.1) is 0 Å². The summed E-state index contributed by atoms with van der Waals surface area (Å²) in [5.74, 6) is 0.866. The van der Waals surface area contributed by atoms with Crippen LogP contribution in [0.15, 0.2) is 48.5 Å². The zero-order valence-electron chi connectivity index (χ0n) is 12.9. The Bertz CT molecular complexity index is 554. The largest absolute Gasteiger partial charge is 0.496 e. The molecular formula is C18H24N2O. The first-order valence-corrected chi connectivity index (χ1v) is 7.34. The minimum atomic E-state index is 0.738. The Kier molecular flexibility index (Phi) is 5.64. The summed E-state index contributed by atoms with van der Waals surface area (Å²) in [5.41, 5.74) is 9.10. The molecule has 0 saturated carbocycles. The number of ether oxygens (including phenoxy) is 1. The maximum atomic E-state index is 5.78. The van der Waals surface area contributed by atoms with Crippen LogP contribution in [0.3, 0.4) is 0 Å². The number of nitrogen functional groups attached to an aromatic ring is 1. The number of nitrogens with two attached hydrogens (primary N) is 1. The van der Waals surface area contributed by atoms with Crippen molar-refractivity contribution >= 4 is 5.69 Å². The third kappa shape index (κ3) is 4.80. The van der Waals surface area contributed by atoms with Crippen LogP contribution in [-0.4, -0.2) is 25.6 Å². The molecule has 21 heavy (non-hydrogen) atoms. The zero-order valence-corrected chi connectivity index (χ0v) is 12.9. The van der Waals surface area contributed by atoms with Crippen LogP contribution in [0.1, 0.15) is 17.5 Å². The monoisotopic (exact) mass is 284 g/mol. The lowest BCUT2D eigenvalue weighted by Crippen LogP contribution is -2.20. The number of aryl methyl sites for hydroxylation is 1. The molecule has 0 aliphatic heterocycles. The van der Waals surface area contributed by atoms with Crippen LogP contribution in [0.4, 0.5) is 5.69 Å². The highest BCUT2D eigenvalue weighted by Crippen LogP contribution is 2.22. The SMILES string of the molecule is COc1cc(N)ccc1CN(C)CCCc1ccccc1. The Morgan fingerprint density at radius 3 is 2.57 bits per heavy atom. The van der Waals surface area contributed by atoms with Gasteiger partial charge in [0.15, 0.2) is 0 Å². The van der Waals surface area contributed by atoms with E-state index in [0.717, 1.165) is 37.4 Å². The van der Waals surface area contributed by atoms with E-state index >= 15 is 0 Å². The van der Waals surface area contributed by atoms with E-state index in [1.54, 1.807) is 7.11 Å². The molecule has 0 aliphatic carbocycles. The van der Waals surface area contributed by atoms with Crippen molar-refractivity contribution in [3.63, 3.8) is 0 Å². The maximum Gasteiger partial charge on any atom is 0.125 e. The molecule has 2 rings (SSSR count). The molecular weight excluding hydrogens is 260 g/mol. The Balaban J connectivity index is 1.83. The van der Waals surface area contributed by atoms with Crippen LogP contribution < -0.4 is 10.5 Å². The van der Waals surface area contributed by atoms with Gasteiger partial charge < -0.3 is 15.4 Å². The van der Waals surface area contributed by atoms with Gasteiger partial charge in [-0.1, -0.05) is 36.4 Å². The van der Waals surface area contributed by atoms with Crippen molar-refractivity contribution in [3.8, 4) is 5.75 Å². The average molecular weight is 284 g/mol. The van der Waals surface area contributed by atoms with Crippen LogP contribution >= 0.6 is 0 Å². The minimum Gasteiger partial charge on any atom is -0.496 e. The van der Waals surface area contributed by atoms with Crippen LogP contribution in [0.25, 0.3) is 0 Å². The van der Waals surface area contributed by atoms with Crippen LogP contribution in [-0.2, 0) is 13.0 Å². The van der Waals surface area contributed by atoms with Crippen molar-refractivity contribution in [2.24, 2.45) is 0 Å². The predicted octanol–water partition coefficient (Wildman–Crippen LogP) is 3.34. The molecule has 0 saturated heterocycles. The topological polar surface area (TPSA) is 38.5 Å². The summed E-state index contributed by atoms with van der Waals surface area (Å²) >= 11 is 0. The number of methoxy groups -OCH3 is 1. The second kappa shape index (κ2) is 7.70. The third-order valence-electron chi connectivity index (χ3n) is 3.60. The molecule has 0 heterocycles. The second-order valence-electron chi connectivity index (χ2n) is 5.40. The molecule has 0 amide bonds. The van der Waals surface area contributed by atoms with E-state index in [9.17, 15) is 0 Å². The lowest BCUT2D eigenvalue weighted by Gasteiger charge is -2.18. The Hall–Kier alpha value is -2.00. The van der Waals surface area contributed by atoms with Crippen LogP contribution in [0.5, 0.6) is 5.75 Å². The van der Waals surface area contributed by atoms with Crippen molar-refractivity contribution < 1.29 is 4.74 Å². The van der Waals surface area contributed by atoms with E-state index in [2.05, 4.69) is 42.3 Å². The third-order valence-corrected chi connectivity index (χ3v) is 3.60. The fourth-order valence-corrected chi connectivity index (χ4v) is 2.46. The predicted molar refractivity (Wildman–Crippen MR) is 88.5 cm³/mol. The number of anilines is 1. The van der Waals surface area contributed by atoms with Crippen LogP contribution in [0.2, 0.25) is 0 Å². The highest BCUT2D eigenvalue weighted by Gasteiger charge is 2.07. The van der Waals surface area contributed by atoms with E-state index in [1.165, 1.54) is 11.1 Å². The molecule has 3 heteroatoms. The average Bonchev–Trinajstić information content (AvgIpc) is 2.50. The van der Waals surface area contributed by atoms with Crippen molar-refractivity contribution in [2.75, 3.05) is 26.4 Å². The first-order valence-electron chi connectivity index (χ1n) is 7.34. The fourth-order valence-electron chi connectivity index (χ4n) is 2.46. The summed E-state index contributed by atoms with van der Waals surface area (Å²) in [6.45, 7) is 1.93. The number of nitrogens with zero attached hydrogens (tertiary/aromatic N) is 1. The molecule has 112 valence electrons. The van der Waals surface area contributed by atoms with E-state index in [0.29, 0.717) is 0 Å². The summed E-state index contributed by atoms with van der Waals surface area (Å²) in [5, 5.41) is 0. The maximum absolute atomic E-state index is 5.78. The summed E-state index contributed by atoms with van der Waals surface area (Å²) in [7, 11) is 3.83.